The van der Waals surface area contributed by atoms with Gasteiger partial charge in [0.25, 0.3) is 0 Å². The minimum atomic E-state index is -0.629. The van der Waals surface area contributed by atoms with Crippen molar-refractivity contribution < 1.29 is 9.84 Å². The molecule has 0 amide bonds. The molecule has 0 aromatic heterocycles. The lowest BCUT2D eigenvalue weighted by Crippen LogP contribution is -2.34. The summed E-state index contributed by atoms with van der Waals surface area (Å²) >= 11 is 1.69. The fourth-order valence-corrected chi connectivity index (χ4v) is 1.97. The van der Waals surface area contributed by atoms with E-state index in [0.29, 0.717) is 26.1 Å². The van der Waals surface area contributed by atoms with E-state index in [1.54, 1.807) is 11.8 Å². The third-order valence-corrected chi connectivity index (χ3v) is 3.15. The van der Waals surface area contributed by atoms with Crippen molar-refractivity contribution in [2.45, 2.75) is 18.9 Å². The Hall–Kier alpha value is -0.240. The molecule has 1 fully saturated rings. The molecule has 3 nitrogen and oxygen atoms in total. The van der Waals surface area contributed by atoms with Gasteiger partial charge in [-0.2, -0.15) is 17.0 Å². The SMILES string of the molecule is CSCCC(O)C1(C#N)CCOC1. The van der Waals surface area contributed by atoms with Crippen LogP contribution in [0.25, 0.3) is 0 Å². The third-order valence-electron chi connectivity index (χ3n) is 2.51. The summed E-state index contributed by atoms with van der Waals surface area (Å²) in [5.74, 6) is 0.893. The zero-order valence-electron chi connectivity index (χ0n) is 7.82. The van der Waals surface area contributed by atoms with Crippen LogP contribution in [-0.2, 0) is 4.74 Å². The molecule has 2 unspecified atom stereocenters. The molecule has 1 heterocycles. The number of nitriles is 1. The lowest BCUT2D eigenvalue weighted by molar-refractivity contribution is 0.0494. The van der Waals surface area contributed by atoms with Gasteiger partial charge in [-0.05, 0) is 24.9 Å². The smallest absolute Gasteiger partial charge is 0.109 e. The molecule has 1 saturated heterocycles. The summed E-state index contributed by atoms with van der Waals surface area (Å²) < 4.78 is 5.16. The van der Waals surface area contributed by atoms with Gasteiger partial charge in [0.1, 0.15) is 5.41 Å². The van der Waals surface area contributed by atoms with Gasteiger partial charge in [-0.25, -0.2) is 0 Å². The topological polar surface area (TPSA) is 53.2 Å². The molecule has 0 saturated carbocycles. The van der Waals surface area contributed by atoms with E-state index in [9.17, 15) is 5.11 Å². The molecule has 1 aliphatic heterocycles. The van der Waals surface area contributed by atoms with Gasteiger partial charge in [-0.1, -0.05) is 0 Å². The van der Waals surface area contributed by atoms with Crippen LogP contribution in [0.5, 0.6) is 0 Å². The van der Waals surface area contributed by atoms with Crippen molar-refractivity contribution in [1.29, 1.82) is 5.26 Å². The van der Waals surface area contributed by atoms with E-state index in [0.717, 1.165) is 5.75 Å². The molecule has 74 valence electrons. The molecule has 0 aromatic rings. The van der Waals surface area contributed by atoms with E-state index in [2.05, 4.69) is 6.07 Å². The monoisotopic (exact) mass is 201 g/mol. The number of aliphatic hydroxyl groups excluding tert-OH is 1. The molecule has 1 rings (SSSR count). The van der Waals surface area contributed by atoms with Gasteiger partial charge >= 0.3 is 0 Å². The summed E-state index contributed by atoms with van der Waals surface area (Å²) in [5, 5.41) is 18.8. The van der Waals surface area contributed by atoms with Gasteiger partial charge in [-0.15, -0.1) is 0 Å². The van der Waals surface area contributed by atoms with Crippen molar-refractivity contribution in [3.63, 3.8) is 0 Å². The van der Waals surface area contributed by atoms with Crippen LogP contribution in [0.3, 0.4) is 0 Å². The molecule has 0 aromatic carbocycles. The molecule has 1 aliphatic rings. The standard InChI is InChI=1S/C9H15NO2S/c1-13-5-2-8(11)9(6-10)3-4-12-7-9/h8,11H,2-5,7H2,1H3. The average Bonchev–Trinajstić information content (AvgIpc) is 2.63. The number of rotatable bonds is 4. The van der Waals surface area contributed by atoms with Crippen LogP contribution in [0.4, 0.5) is 0 Å². The highest BCUT2D eigenvalue weighted by Gasteiger charge is 2.41. The molecular weight excluding hydrogens is 186 g/mol. The first kappa shape index (κ1) is 10.8. The summed E-state index contributed by atoms with van der Waals surface area (Å²) in [5.41, 5.74) is -0.629. The van der Waals surface area contributed by atoms with Crippen molar-refractivity contribution in [3.8, 4) is 6.07 Å². The van der Waals surface area contributed by atoms with E-state index in [-0.39, 0.29) is 0 Å². The largest absolute Gasteiger partial charge is 0.391 e. The molecule has 0 aliphatic carbocycles. The van der Waals surface area contributed by atoms with E-state index in [4.69, 9.17) is 10.00 Å². The Kier molecular flexibility index (Phi) is 4.04. The first-order valence-electron chi connectivity index (χ1n) is 4.41. The fourth-order valence-electron chi connectivity index (χ4n) is 1.51. The fraction of sp³-hybridized carbons (Fsp3) is 0.889. The summed E-state index contributed by atoms with van der Waals surface area (Å²) in [6.07, 6.45) is 2.81. The van der Waals surface area contributed by atoms with E-state index < -0.39 is 11.5 Å². The summed E-state index contributed by atoms with van der Waals surface area (Å²) in [4.78, 5) is 0. The minimum absolute atomic E-state index is 0.388. The molecule has 1 N–H and O–H groups in total. The van der Waals surface area contributed by atoms with Gasteiger partial charge in [0.2, 0.25) is 0 Å². The Morgan fingerprint density at radius 2 is 2.54 bits per heavy atom. The predicted molar refractivity (Wildman–Crippen MR) is 52.5 cm³/mol. The number of ether oxygens (including phenoxy) is 1. The first-order valence-corrected chi connectivity index (χ1v) is 5.80. The normalized spacial score (nSPS) is 29.9. The van der Waals surface area contributed by atoms with Crippen LogP contribution in [0.2, 0.25) is 0 Å². The maximum absolute atomic E-state index is 9.81. The number of hydrogen-bond donors (Lipinski definition) is 1. The maximum atomic E-state index is 9.81. The van der Waals surface area contributed by atoms with E-state index >= 15 is 0 Å². The molecular formula is C9H15NO2S. The molecule has 13 heavy (non-hydrogen) atoms. The van der Waals surface area contributed by atoms with Gasteiger partial charge < -0.3 is 9.84 Å². The van der Waals surface area contributed by atoms with Gasteiger partial charge in [0, 0.05) is 6.61 Å². The first-order chi connectivity index (χ1) is 6.25. The zero-order chi connectivity index (χ0) is 9.73. The Labute approximate surface area is 83.1 Å². The summed E-state index contributed by atoms with van der Waals surface area (Å²) in [7, 11) is 0. The van der Waals surface area contributed by atoms with Crippen molar-refractivity contribution in [2.75, 3.05) is 25.2 Å². The van der Waals surface area contributed by atoms with Gasteiger partial charge in [-0.3, -0.25) is 0 Å². The number of nitrogens with zero attached hydrogens (tertiary/aromatic N) is 1. The molecule has 0 spiro atoms. The highest BCUT2D eigenvalue weighted by Crippen LogP contribution is 2.33. The van der Waals surface area contributed by atoms with Crippen LogP contribution in [0, 0.1) is 16.7 Å². The quantitative estimate of drug-likeness (QED) is 0.738. The Morgan fingerprint density at radius 1 is 1.77 bits per heavy atom. The number of thioether (sulfide) groups is 1. The Balaban J connectivity index is 2.50. The minimum Gasteiger partial charge on any atom is -0.391 e. The summed E-state index contributed by atoms with van der Waals surface area (Å²) in [6.45, 7) is 0.989. The van der Waals surface area contributed by atoms with Crippen molar-refractivity contribution in [1.82, 2.24) is 0 Å². The lowest BCUT2D eigenvalue weighted by Gasteiger charge is -2.24. The highest BCUT2D eigenvalue weighted by molar-refractivity contribution is 7.98. The van der Waals surface area contributed by atoms with Crippen LogP contribution in [0.15, 0.2) is 0 Å². The number of aliphatic hydroxyl groups is 1. The third kappa shape index (κ3) is 2.37. The average molecular weight is 201 g/mol. The van der Waals surface area contributed by atoms with Crippen LogP contribution in [0.1, 0.15) is 12.8 Å². The molecule has 4 heteroatoms. The lowest BCUT2D eigenvalue weighted by atomic mass is 9.82. The molecule has 0 bridgehead atoms. The van der Waals surface area contributed by atoms with E-state index in [1.807, 2.05) is 6.26 Å². The van der Waals surface area contributed by atoms with Gasteiger partial charge in [0.05, 0.1) is 18.8 Å². The Morgan fingerprint density at radius 3 is 3.00 bits per heavy atom. The van der Waals surface area contributed by atoms with E-state index in [1.165, 1.54) is 0 Å². The highest BCUT2D eigenvalue weighted by atomic mass is 32.2. The van der Waals surface area contributed by atoms with Crippen LogP contribution in [-0.4, -0.2) is 36.4 Å². The van der Waals surface area contributed by atoms with Gasteiger partial charge in [0.15, 0.2) is 0 Å². The van der Waals surface area contributed by atoms with Crippen molar-refractivity contribution in [3.05, 3.63) is 0 Å². The zero-order valence-corrected chi connectivity index (χ0v) is 8.64. The summed E-state index contributed by atoms with van der Waals surface area (Å²) in [6, 6.07) is 2.20. The Bertz CT molecular complexity index is 196. The molecule has 2 atom stereocenters. The second-order valence-electron chi connectivity index (χ2n) is 3.37. The van der Waals surface area contributed by atoms with Crippen LogP contribution >= 0.6 is 11.8 Å². The second-order valence-corrected chi connectivity index (χ2v) is 4.35. The van der Waals surface area contributed by atoms with Crippen molar-refractivity contribution >= 4 is 11.8 Å². The van der Waals surface area contributed by atoms with Crippen LogP contribution < -0.4 is 0 Å². The second kappa shape index (κ2) is 4.85. The predicted octanol–water partition coefficient (Wildman–Crippen LogP) is 1.03. The molecule has 0 radical (unpaired) electrons. The number of hydrogen-bond acceptors (Lipinski definition) is 4. The maximum Gasteiger partial charge on any atom is 0.109 e. The van der Waals surface area contributed by atoms with Crippen molar-refractivity contribution in [2.24, 2.45) is 5.41 Å².